The van der Waals surface area contributed by atoms with E-state index in [1.807, 2.05) is 48.5 Å². The highest BCUT2D eigenvalue weighted by atomic mass is 79.9. The van der Waals surface area contributed by atoms with Crippen LogP contribution < -0.4 is 0 Å². The molecule has 0 heterocycles. The lowest BCUT2D eigenvalue weighted by atomic mass is 10.2. The lowest BCUT2D eigenvalue weighted by Crippen LogP contribution is -2.03. The molecule has 0 aliphatic heterocycles. The molecule has 26 heavy (non-hydrogen) atoms. The van der Waals surface area contributed by atoms with Crippen molar-refractivity contribution in [2.45, 2.75) is 12.8 Å². The van der Waals surface area contributed by atoms with E-state index in [0.29, 0.717) is 11.5 Å². The molecule has 0 saturated carbocycles. The van der Waals surface area contributed by atoms with Crippen LogP contribution in [0.5, 0.6) is 0 Å². The van der Waals surface area contributed by atoms with Gasteiger partial charge in [-0.05, 0) is 48.6 Å². The van der Waals surface area contributed by atoms with Crippen LogP contribution in [0.1, 0.15) is 33.6 Å². The average molecular weight is 516 g/mol. The van der Waals surface area contributed by atoms with Crippen molar-refractivity contribution in [1.29, 1.82) is 0 Å². The van der Waals surface area contributed by atoms with Gasteiger partial charge in [-0.2, -0.15) is 23.5 Å². The van der Waals surface area contributed by atoms with E-state index in [9.17, 15) is 9.59 Å². The summed E-state index contributed by atoms with van der Waals surface area (Å²) in [4.78, 5) is 24.1. The molecule has 0 unspecified atom stereocenters. The van der Waals surface area contributed by atoms with E-state index >= 15 is 0 Å². The molecule has 0 aliphatic rings. The van der Waals surface area contributed by atoms with E-state index < -0.39 is 0 Å². The number of hydrogen-bond acceptors (Lipinski definition) is 4. The Balaban J connectivity index is 1.51. The van der Waals surface area contributed by atoms with Crippen LogP contribution in [-0.2, 0) is 0 Å². The first-order valence-electron chi connectivity index (χ1n) is 8.29. The van der Waals surface area contributed by atoms with Gasteiger partial charge in [0.1, 0.15) is 0 Å². The standard InChI is InChI=1S/C20H20Br2O2S2/c21-17-7-3-15(4-8-17)19(23)13-25-11-1-2-12-26-14-20(24)16-5-9-18(22)10-6-16/h3-10H,1-2,11-14H2. The second-order valence-electron chi connectivity index (χ2n) is 5.67. The number of Topliss-reactive ketones (excluding diaryl/α,β-unsaturated/α-hetero) is 2. The summed E-state index contributed by atoms with van der Waals surface area (Å²) in [6.45, 7) is 0. The number of hydrogen-bond donors (Lipinski definition) is 0. The molecule has 0 spiro atoms. The lowest BCUT2D eigenvalue weighted by Gasteiger charge is -2.04. The largest absolute Gasteiger partial charge is 0.293 e. The summed E-state index contributed by atoms with van der Waals surface area (Å²) in [6, 6.07) is 15.0. The highest BCUT2D eigenvalue weighted by Crippen LogP contribution is 2.16. The number of benzene rings is 2. The van der Waals surface area contributed by atoms with Crippen molar-refractivity contribution < 1.29 is 9.59 Å². The SMILES string of the molecule is O=C(CSCCCCSCC(=O)c1ccc(Br)cc1)c1ccc(Br)cc1. The van der Waals surface area contributed by atoms with Gasteiger partial charge >= 0.3 is 0 Å². The number of unbranched alkanes of at least 4 members (excludes halogenated alkanes) is 1. The molecule has 6 heteroatoms. The molecule has 0 aromatic heterocycles. The van der Waals surface area contributed by atoms with Crippen molar-refractivity contribution in [3.63, 3.8) is 0 Å². The topological polar surface area (TPSA) is 34.1 Å². The minimum Gasteiger partial charge on any atom is -0.293 e. The van der Waals surface area contributed by atoms with E-state index in [4.69, 9.17) is 0 Å². The molecule has 0 aliphatic carbocycles. The maximum Gasteiger partial charge on any atom is 0.172 e. The van der Waals surface area contributed by atoms with Crippen LogP contribution in [0.25, 0.3) is 0 Å². The molecule has 2 nitrogen and oxygen atoms in total. The number of halogens is 2. The average Bonchev–Trinajstić information content (AvgIpc) is 2.64. The first-order valence-corrected chi connectivity index (χ1v) is 12.2. The van der Waals surface area contributed by atoms with E-state index in [-0.39, 0.29) is 11.6 Å². The zero-order valence-corrected chi connectivity index (χ0v) is 19.1. The molecule has 138 valence electrons. The Morgan fingerprint density at radius 3 is 1.35 bits per heavy atom. The maximum absolute atomic E-state index is 12.0. The van der Waals surface area contributed by atoms with Gasteiger partial charge in [-0.3, -0.25) is 9.59 Å². The monoisotopic (exact) mass is 514 g/mol. The molecular formula is C20H20Br2O2S2. The number of rotatable bonds is 11. The molecule has 2 aromatic carbocycles. The Morgan fingerprint density at radius 2 is 1.00 bits per heavy atom. The van der Waals surface area contributed by atoms with Crippen molar-refractivity contribution in [3.05, 3.63) is 68.6 Å². The van der Waals surface area contributed by atoms with E-state index in [0.717, 1.165) is 44.4 Å². The Bertz CT molecular complexity index is 652. The number of carbonyl (C=O) groups is 2. The Morgan fingerprint density at radius 1 is 0.654 bits per heavy atom. The maximum atomic E-state index is 12.0. The van der Waals surface area contributed by atoms with Gasteiger partial charge in [0, 0.05) is 20.1 Å². The first kappa shape index (κ1) is 21.7. The molecule has 0 radical (unpaired) electrons. The highest BCUT2D eigenvalue weighted by molar-refractivity contribution is 9.10. The van der Waals surface area contributed by atoms with Crippen LogP contribution in [0.3, 0.4) is 0 Å². The number of ketones is 2. The smallest absolute Gasteiger partial charge is 0.172 e. The quantitative estimate of drug-likeness (QED) is 0.252. The van der Waals surface area contributed by atoms with Crippen molar-refractivity contribution in [2.75, 3.05) is 23.0 Å². The Labute approximate surface area is 180 Å². The van der Waals surface area contributed by atoms with Gasteiger partial charge in [0.15, 0.2) is 11.6 Å². The molecule has 2 rings (SSSR count). The fraction of sp³-hybridized carbons (Fsp3) is 0.300. The minimum atomic E-state index is 0.178. The van der Waals surface area contributed by atoms with Crippen LogP contribution >= 0.6 is 55.4 Å². The summed E-state index contributed by atoms with van der Waals surface area (Å²) < 4.78 is 1.97. The second kappa shape index (κ2) is 12.0. The van der Waals surface area contributed by atoms with Gasteiger partial charge in [-0.15, -0.1) is 0 Å². The number of thioether (sulfide) groups is 2. The van der Waals surface area contributed by atoms with Gasteiger partial charge in [0.05, 0.1) is 11.5 Å². The normalized spacial score (nSPS) is 10.7. The van der Waals surface area contributed by atoms with E-state index in [1.54, 1.807) is 23.5 Å². The van der Waals surface area contributed by atoms with Crippen LogP contribution in [0.2, 0.25) is 0 Å². The first-order chi connectivity index (χ1) is 12.6. The van der Waals surface area contributed by atoms with E-state index in [1.165, 1.54) is 0 Å². The molecule has 2 aromatic rings. The zero-order valence-electron chi connectivity index (χ0n) is 14.3. The fourth-order valence-corrected chi connectivity index (χ4v) is 4.51. The predicted molar refractivity (Wildman–Crippen MR) is 121 cm³/mol. The summed E-state index contributed by atoms with van der Waals surface area (Å²) in [5.41, 5.74) is 1.53. The van der Waals surface area contributed by atoms with Crippen molar-refractivity contribution in [1.82, 2.24) is 0 Å². The third-order valence-electron chi connectivity index (χ3n) is 3.63. The molecule has 0 atom stereocenters. The summed E-state index contributed by atoms with van der Waals surface area (Å²) in [7, 11) is 0. The van der Waals surface area contributed by atoms with Gasteiger partial charge in [-0.1, -0.05) is 56.1 Å². The Hall–Kier alpha value is -0.560. The zero-order chi connectivity index (χ0) is 18.8. The molecule has 0 amide bonds. The van der Waals surface area contributed by atoms with Crippen molar-refractivity contribution >= 4 is 67.0 Å². The number of carbonyl (C=O) groups excluding carboxylic acids is 2. The molecule has 0 bridgehead atoms. The summed E-state index contributed by atoms with van der Waals surface area (Å²) in [5, 5.41) is 0. The lowest BCUT2D eigenvalue weighted by molar-refractivity contribution is 0.101. The van der Waals surface area contributed by atoms with Gasteiger partial charge < -0.3 is 0 Å². The van der Waals surface area contributed by atoms with Crippen LogP contribution in [0.4, 0.5) is 0 Å². The molecule has 0 N–H and O–H groups in total. The Kier molecular flexibility index (Phi) is 10.0. The third kappa shape index (κ3) is 7.99. The molecule has 0 fully saturated rings. The second-order valence-corrected chi connectivity index (χ2v) is 9.71. The summed E-state index contributed by atoms with van der Waals surface area (Å²) in [5.74, 6) is 3.36. The van der Waals surface area contributed by atoms with Gasteiger partial charge in [0.25, 0.3) is 0 Å². The van der Waals surface area contributed by atoms with E-state index in [2.05, 4.69) is 31.9 Å². The third-order valence-corrected chi connectivity index (χ3v) is 6.77. The minimum absolute atomic E-state index is 0.178. The predicted octanol–water partition coefficient (Wildman–Crippen LogP) is 6.52. The van der Waals surface area contributed by atoms with Crippen molar-refractivity contribution in [2.24, 2.45) is 0 Å². The summed E-state index contributed by atoms with van der Waals surface area (Å²) in [6.07, 6.45) is 2.13. The van der Waals surface area contributed by atoms with Crippen LogP contribution in [-0.4, -0.2) is 34.6 Å². The molecular weight excluding hydrogens is 496 g/mol. The summed E-state index contributed by atoms with van der Waals surface area (Å²) >= 11 is 10.1. The van der Waals surface area contributed by atoms with Gasteiger partial charge in [-0.25, -0.2) is 0 Å². The fourth-order valence-electron chi connectivity index (χ4n) is 2.18. The van der Waals surface area contributed by atoms with Crippen LogP contribution in [0, 0.1) is 0 Å². The molecule has 0 saturated heterocycles. The van der Waals surface area contributed by atoms with Crippen LogP contribution in [0.15, 0.2) is 57.5 Å². The van der Waals surface area contributed by atoms with Gasteiger partial charge in [0.2, 0.25) is 0 Å². The highest BCUT2D eigenvalue weighted by Gasteiger charge is 2.07. The van der Waals surface area contributed by atoms with Crippen molar-refractivity contribution in [3.8, 4) is 0 Å².